The van der Waals surface area contributed by atoms with Crippen LogP contribution in [-0.2, 0) is 25.5 Å². The fourth-order valence-corrected chi connectivity index (χ4v) is 3.42. The van der Waals surface area contributed by atoms with Gasteiger partial charge in [0.15, 0.2) is 0 Å². The molecule has 0 unspecified atom stereocenters. The van der Waals surface area contributed by atoms with Crippen LogP contribution in [0.15, 0.2) is 30.5 Å². The first-order chi connectivity index (χ1) is 12.9. The number of carbonyl (C=O) groups is 3. The van der Waals surface area contributed by atoms with Crippen LogP contribution in [0, 0.1) is 0 Å². The first-order valence-corrected chi connectivity index (χ1v) is 8.88. The van der Waals surface area contributed by atoms with E-state index in [9.17, 15) is 14.4 Å². The number of aliphatic carboxylic acids is 1. The lowest BCUT2D eigenvalue weighted by molar-refractivity contribution is -0.149. The first kappa shape index (κ1) is 18.9. The van der Waals surface area contributed by atoms with Crippen molar-refractivity contribution in [1.82, 2.24) is 15.2 Å². The molecule has 1 aliphatic heterocycles. The summed E-state index contributed by atoms with van der Waals surface area (Å²) < 4.78 is 5.43. The molecule has 144 valence electrons. The Bertz CT molecular complexity index is 847. The molecule has 0 radical (unpaired) electrons. The number of nitrogens with one attached hydrogen (secondary N) is 2. The summed E-state index contributed by atoms with van der Waals surface area (Å²) in [6.07, 6.45) is 1.51. The molecule has 2 atom stereocenters. The van der Waals surface area contributed by atoms with Gasteiger partial charge in [-0.2, -0.15) is 0 Å². The molecule has 2 aromatic rings. The number of benzene rings is 1. The summed E-state index contributed by atoms with van der Waals surface area (Å²) in [5.74, 6) is -1.48. The van der Waals surface area contributed by atoms with Crippen LogP contribution in [0.25, 0.3) is 10.9 Å². The van der Waals surface area contributed by atoms with E-state index < -0.39 is 18.1 Å². The summed E-state index contributed by atoms with van der Waals surface area (Å²) in [6.45, 7) is 2.24. The zero-order valence-electron chi connectivity index (χ0n) is 15.1. The largest absolute Gasteiger partial charge is 0.481 e. The fourth-order valence-electron chi connectivity index (χ4n) is 3.42. The SMILES string of the molecule is CC(=O)N[C@H](Cc1c[nH]c2ccccc12)C(=O)N1CCO[C@@H](CC(=O)O)C1. The molecule has 3 N–H and O–H groups in total. The number of aromatic nitrogens is 1. The van der Waals surface area contributed by atoms with E-state index in [-0.39, 0.29) is 31.4 Å². The highest BCUT2D eigenvalue weighted by Gasteiger charge is 2.31. The third kappa shape index (κ3) is 4.65. The summed E-state index contributed by atoms with van der Waals surface area (Å²) >= 11 is 0. The van der Waals surface area contributed by atoms with Crippen molar-refractivity contribution in [2.75, 3.05) is 19.7 Å². The molecule has 8 nitrogen and oxygen atoms in total. The maximum Gasteiger partial charge on any atom is 0.306 e. The van der Waals surface area contributed by atoms with Crippen molar-refractivity contribution in [3.8, 4) is 0 Å². The lowest BCUT2D eigenvalue weighted by atomic mass is 10.0. The van der Waals surface area contributed by atoms with Gasteiger partial charge in [-0.1, -0.05) is 18.2 Å². The number of carboxylic acid groups (broad SMARTS) is 1. The molecule has 1 aliphatic rings. The molecule has 1 saturated heterocycles. The van der Waals surface area contributed by atoms with E-state index >= 15 is 0 Å². The molecule has 8 heteroatoms. The van der Waals surface area contributed by atoms with Gasteiger partial charge in [-0.3, -0.25) is 14.4 Å². The second-order valence-electron chi connectivity index (χ2n) is 6.69. The van der Waals surface area contributed by atoms with Gasteiger partial charge in [-0.25, -0.2) is 0 Å². The number of amides is 2. The highest BCUT2D eigenvalue weighted by Crippen LogP contribution is 2.20. The molecular formula is C19H23N3O5. The monoisotopic (exact) mass is 373 g/mol. The molecular weight excluding hydrogens is 350 g/mol. The number of carbonyl (C=O) groups excluding carboxylic acids is 2. The number of para-hydroxylation sites is 1. The van der Waals surface area contributed by atoms with Crippen molar-refractivity contribution >= 4 is 28.7 Å². The molecule has 0 saturated carbocycles. The van der Waals surface area contributed by atoms with Crippen LogP contribution in [0.2, 0.25) is 0 Å². The van der Waals surface area contributed by atoms with Crippen LogP contribution in [0.4, 0.5) is 0 Å². The minimum Gasteiger partial charge on any atom is -0.481 e. The van der Waals surface area contributed by atoms with Crippen LogP contribution in [0.5, 0.6) is 0 Å². The Labute approximate surface area is 156 Å². The number of morpholine rings is 1. The van der Waals surface area contributed by atoms with E-state index in [1.807, 2.05) is 30.5 Å². The zero-order valence-corrected chi connectivity index (χ0v) is 15.1. The Balaban J connectivity index is 1.76. The van der Waals surface area contributed by atoms with Gasteiger partial charge in [0.1, 0.15) is 6.04 Å². The average Bonchev–Trinajstić information content (AvgIpc) is 3.03. The minimum absolute atomic E-state index is 0.156. The van der Waals surface area contributed by atoms with Crippen LogP contribution in [0.1, 0.15) is 18.9 Å². The molecule has 1 aromatic carbocycles. The number of hydrogen-bond acceptors (Lipinski definition) is 4. The maximum atomic E-state index is 13.0. The Morgan fingerprint density at radius 1 is 1.37 bits per heavy atom. The molecule has 3 rings (SSSR count). The number of hydrogen-bond donors (Lipinski definition) is 3. The highest BCUT2D eigenvalue weighted by atomic mass is 16.5. The van der Waals surface area contributed by atoms with Gasteiger partial charge in [0, 0.05) is 43.5 Å². The zero-order chi connectivity index (χ0) is 19.4. The van der Waals surface area contributed by atoms with E-state index in [4.69, 9.17) is 9.84 Å². The summed E-state index contributed by atoms with van der Waals surface area (Å²) in [5.41, 5.74) is 1.91. The van der Waals surface area contributed by atoms with Crippen molar-refractivity contribution in [2.24, 2.45) is 0 Å². The van der Waals surface area contributed by atoms with Crippen molar-refractivity contribution < 1.29 is 24.2 Å². The molecule has 2 amide bonds. The summed E-state index contributed by atoms with van der Waals surface area (Å²) in [7, 11) is 0. The smallest absolute Gasteiger partial charge is 0.306 e. The van der Waals surface area contributed by atoms with Gasteiger partial charge in [-0.05, 0) is 11.6 Å². The summed E-state index contributed by atoms with van der Waals surface area (Å²) in [4.78, 5) is 40.3. The lowest BCUT2D eigenvalue weighted by Crippen LogP contribution is -2.54. The second-order valence-corrected chi connectivity index (χ2v) is 6.69. The number of aromatic amines is 1. The molecule has 0 spiro atoms. The number of nitrogens with zero attached hydrogens (tertiary/aromatic N) is 1. The van der Waals surface area contributed by atoms with Crippen molar-refractivity contribution in [3.63, 3.8) is 0 Å². The molecule has 0 aliphatic carbocycles. The van der Waals surface area contributed by atoms with Crippen LogP contribution in [0.3, 0.4) is 0 Å². The van der Waals surface area contributed by atoms with Gasteiger partial charge in [-0.15, -0.1) is 0 Å². The lowest BCUT2D eigenvalue weighted by Gasteiger charge is -2.34. The molecule has 1 fully saturated rings. The Morgan fingerprint density at radius 3 is 2.89 bits per heavy atom. The Morgan fingerprint density at radius 2 is 2.15 bits per heavy atom. The molecule has 1 aromatic heterocycles. The van der Waals surface area contributed by atoms with Gasteiger partial charge >= 0.3 is 5.97 Å². The van der Waals surface area contributed by atoms with E-state index in [2.05, 4.69) is 10.3 Å². The molecule has 2 heterocycles. The van der Waals surface area contributed by atoms with Crippen molar-refractivity contribution in [3.05, 3.63) is 36.0 Å². The number of rotatable bonds is 6. The molecule has 27 heavy (non-hydrogen) atoms. The average molecular weight is 373 g/mol. The quantitative estimate of drug-likeness (QED) is 0.697. The first-order valence-electron chi connectivity index (χ1n) is 8.88. The predicted octanol–water partition coefficient (Wildman–Crippen LogP) is 0.917. The Kier molecular flexibility index (Phi) is 5.75. The number of H-pyrrole nitrogens is 1. The fraction of sp³-hybridized carbons (Fsp3) is 0.421. The predicted molar refractivity (Wildman–Crippen MR) is 98.2 cm³/mol. The van der Waals surface area contributed by atoms with Crippen molar-refractivity contribution in [2.45, 2.75) is 31.9 Å². The summed E-state index contributed by atoms with van der Waals surface area (Å²) in [6, 6.07) is 7.05. The Hall–Kier alpha value is -2.87. The van der Waals surface area contributed by atoms with Crippen LogP contribution >= 0.6 is 0 Å². The third-order valence-electron chi connectivity index (χ3n) is 4.63. The van der Waals surface area contributed by atoms with Gasteiger partial charge in [0.25, 0.3) is 0 Å². The van der Waals surface area contributed by atoms with E-state index in [1.54, 1.807) is 4.90 Å². The number of ether oxygens (including phenoxy) is 1. The molecule has 0 bridgehead atoms. The highest BCUT2D eigenvalue weighted by molar-refractivity contribution is 5.89. The number of fused-ring (bicyclic) bond motifs is 1. The van der Waals surface area contributed by atoms with Crippen molar-refractivity contribution in [1.29, 1.82) is 0 Å². The minimum atomic E-state index is -0.966. The number of carboxylic acids is 1. The summed E-state index contributed by atoms with van der Waals surface area (Å²) in [5, 5.41) is 12.7. The van der Waals surface area contributed by atoms with Gasteiger partial charge < -0.3 is 25.0 Å². The second kappa shape index (κ2) is 8.22. The van der Waals surface area contributed by atoms with E-state index in [1.165, 1.54) is 6.92 Å². The van der Waals surface area contributed by atoms with Gasteiger partial charge in [0.05, 0.1) is 19.1 Å². The van der Waals surface area contributed by atoms with E-state index in [0.29, 0.717) is 13.0 Å². The third-order valence-corrected chi connectivity index (χ3v) is 4.63. The van der Waals surface area contributed by atoms with Crippen LogP contribution in [-0.4, -0.2) is 64.6 Å². The van der Waals surface area contributed by atoms with Gasteiger partial charge in [0.2, 0.25) is 11.8 Å². The maximum absolute atomic E-state index is 13.0. The van der Waals surface area contributed by atoms with E-state index in [0.717, 1.165) is 16.5 Å². The topological polar surface area (TPSA) is 112 Å². The standard InChI is InChI=1S/C19H23N3O5/c1-12(23)21-17(8-13-10-20-16-5-3-2-4-15(13)16)19(26)22-6-7-27-14(11-22)9-18(24)25/h2-5,10,14,17,20H,6-9,11H2,1H3,(H,21,23)(H,24,25)/t14-,17+/m0/s1. The van der Waals surface area contributed by atoms with Crippen LogP contribution < -0.4 is 5.32 Å². The normalized spacial score (nSPS) is 18.3.